The first-order chi connectivity index (χ1) is 13.7. The van der Waals surface area contributed by atoms with Crippen molar-refractivity contribution < 1.29 is 18.7 Å². The normalized spacial score (nSPS) is 10.9. The molecule has 0 spiro atoms. The van der Waals surface area contributed by atoms with Gasteiger partial charge in [0.15, 0.2) is 0 Å². The lowest BCUT2D eigenvalue weighted by Gasteiger charge is -2.06. The summed E-state index contributed by atoms with van der Waals surface area (Å²) in [6, 6.07) is 10.3. The van der Waals surface area contributed by atoms with Gasteiger partial charge in [-0.25, -0.2) is 19.3 Å². The average molecular weight is 381 g/mol. The number of aromatic nitrogens is 4. The molecule has 0 unspecified atom stereocenters. The molecule has 0 aliphatic heterocycles. The zero-order valence-corrected chi connectivity index (χ0v) is 14.9. The Morgan fingerprint density at radius 3 is 2.86 bits per heavy atom. The van der Waals surface area contributed by atoms with Crippen molar-refractivity contribution in [2.45, 2.75) is 0 Å². The fraction of sp³-hybridized carbons (Fsp3) is 0.158. The Kier molecular flexibility index (Phi) is 4.71. The van der Waals surface area contributed by atoms with Crippen LogP contribution in [0.2, 0.25) is 0 Å². The van der Waals surface area contributed by atoms with Gasteiger partial charge in [-0.1, -0.05) is 0 Å². The lowest BCUT2D eigenvalue weighted by Crippen LogP contribution is -2.14. The number of anilines is 1. The van der Waals surface area contributed by atoms with E-state index in [0.717, 1.165) is 11.0 Å². The molecule has 0 atom stereocenters. The molecule has 3 aromatic heterocycles. The molecular formula is C19H16FN5O3. The van der Waals surface area contributed by atoms with Crippen molar-refractivity contribution in [1.29, 1.82) is 0 Å². The molecule has 0 bridgehead atoms. The summed E-state index contributed by atoms with van der Waals surface area (Å²) in [7, 11) is 1.59. The number of imidazole rings is 1. The molecule has 142 valence electrons. The maximum Gasteiger partial charge on any atom is 0.274 e. The molecule has 1 amide bonds. The molecule has 3 heterocycles. The van der Waals surface area contributed by atoms with Gasteiger partial charge in [-0.3, -0.25) is 9.20 Å². The van der Waals surface area contributed by atoms with E-state index in [9.17, 15) is 9.18 Å². The van der Waals surface area contributed by atoms with Gasteiger partial charge in [-0.05, 0) is 24.3 Å². The number of ether oxygens (including phenoxy) is 2. The highest BCUT2D eigenvalue weighted by molar-refractivity contribution is 6.03. The lowest BCUT2D eigenvalue weighted by atomic mass is 10.3. The van der Waals surface area contributed by atoms with E-state index in [1.165, 1.54) is 6.20 Å². The van der Waals surface area contributed by atoms with Gasteiger partial charge in [0.2, 0.25) is 11.7 Å². The number of nitrogens with zero attached hydrogens (tertiary/aromatic N) is 4. The van der Waals surface area contributed by atoms with Crippen LogP contribution in [0.1, 0.15) is 10.5 Å². The van der Waals surface area contributed by atoms with Crippen LogP contribution in [0.3, 0.4) is 0 Å². The number of hydrogen-bond donors (Lipinski definition) is 1. The molecule has 4 rings (SSSR count). The van der Waals surface area contributed by atoms with Crippen LogP contribution in [-0.4, -0.2) is 45.7 Å². The number of benzene rings is 1. The third-order valence-electron chi connectivity index (χ3n) is 4.03. The second-order valence-electron chi connectivity index (χ2n) is 5.83. The van der Waals surface area contributed by atoms with Crippen LogP contribution in [0.25, 0.3) is 16.8 Å². The standard InChI is InChI=1S/C19H16FN5O3/c1-27-13-3-4-16-15(10-13)24-19-23-14(6-8-25(16)19)18(26)22-12-2-5-17(21-11-12)28-9-7-20/h2-6,8,10-11H,7,9H2,1H3,(H,22,26). The summed E-state index contributed by atoms with van der Waals surface area (Å²) in [5.74, 6) is 0.991. The second kappa shape index (κ2) is 7.47. The highest BCUT2D eigenvalue weighted by atomic mass is 19.1. The maximum absolute atomic E-state index is 12.5. The molecule has 0 radical (unpaired) electrons. The molecule has 0 saturated carbocycles. The van der Waals surface area contributed by atoms with Gasteiger partial charge in [0.05, 0.1) is 30.0 Å². The number of methoxy groups -OCH3 is 1. The monoisotopic (exact) mass is 381 g/mol. The Morgan fingerprint density at radius 2 is 2.11 bits per heavy atom. The van der Waals surface area contributed by atoms with E-state index in [1.807, 2.05) is 18.2 Å². The third-order valence-corrected chi connectivity index (χ3v) is 4.03. The molecule has 0 aliphatic rings. The Morgan fingerprint density at radius 1 is 1.21 bits per heavy atom. The van der Waals surface area contributed by atoms with Crippen molar-refractivity contribution in [1.82, 2.24) is 19.4 Å². The smallest absolute Gasteiger partial charge is 0.274 e. The Bertz CT molecular complexity index is 1140. The van der Waals surface area contributed by atoms with Gasteiger partial charge in [0, 0.05) is 18.3 Å². The lowest BCUT2D eigenvalue weighted by molar-refractivity contribution is 0.102. The number of halogens is 1. The summed E-state index contributed by atoms with van der Waals surface area (Å²) in [5, 5.41) is 2.71. The van der Waals surface area contributed by atoms with Gasteiger partial charge in [0.25, 0.3) is 5.91 Å². The molecule has 0 saturated heterocycles. The molecule has 4 aromatic rings. The van der Waals surface area contributed by atoms with E-state index >= 15 is 0 Å². The van der Waals surface area contributed by atoms with Crippen LogP contribution >= 0.6 is 0 Å². The van der Waals surface area contributed by atoms with Crippen LogP contribution in [0.4, 0.5) is 10.1 Å². The van der Waals surface area contributed by atoms with E-state index in [4.69, 9.17) is 9.47 Å². The van der Waals surface area contributed by atoms with Gasteiger partial charge >= 0.3 is 0 Å². The fourth-order valence-electron chi connectivity index (χ4n) is 2.71. The largest absolute Gasteiger partial charge is 0.497 e. The second-order valence-corrected chi connectivity index (χ2v) is 5.83. The van der Waals surface area contributed by atoms with E-state index in [1.54, 1.807) is 35.9 Å². The molecule has 28 heavy (non-hydrogen) atoms. The number of amides is 1. The SMILES string of the molecule is COc1ccc2c(c1)nc1nc(C(=O)Nc3ccc(OCCF)nc3)ccn12. The highest BCUT2D eigenvalue weighted by Gasteiger charge is 2.12. The van der Waals surface area contributed by atoms with Crippen LogP contribution in [0.5, 0.6) is 11.6 Å². The van der Waals surface area contributed by atoms with Gasteiger partial charge < -0.3 is 14.8 Å². The Hall–Kier alpha value is -3.75. The minimum absolute atomic E-state index is 0.0623. The number of hydrogen-bond acceptors (Lipinski definition) is 6. The maximum atomic E-state index is 12.5. The van der Waals surface area contributed by atoms with Gasteiger partial charge in [-0.2, -0.15) is 0 Å². The van der Waals surface area contributed by atoms with Crippen LogP contribution in [-0.2, 0) is 0 Å². The quantitative estimate of drug-likeness (QED) is 0.552. The number of carbonyl (C=O) groups is 1. The number of pyridine rings is 1. The average Bonchev–Trinajstić information content (AvgIpc) is 3.10. The number of rotatable bonds is 6. The first kappa shape index (κ1) is 17.7. The van der Waals surface area contributed by atoms with Crippen molar-refractivity contribution in [2.24, 2.45) is 0 Å². The highest BCUT2D eigenvalue weighted by Crippen LogP contribution is 2.21. The first-order valence-electron chi connectivity index (χ1n) is 8.47. The minimum Gasteiger partial charge on any atom is -0.497 e. The molecular weight excluding hydrogens is 365 g/mol. The molecule has 1 aromatic carbocycles. The summed E-state index contributed by atoms with van der Waals surface area (Å²) in [5.41, 5.74) is 2.27. The van der Waals surface area contributed by atoms with E-state index < -0.39 is 12.6 Å². The molecule has 0 aliphatic carbocycles. The van der Waals surface area contributed by atoms with Crippen molar-refractivity contribution in [3.63, 3.8) is 0 Å². The summed E-state index contributed by atoms with van der Waals surface area (Å²) < 4.78 is 24.2. The van der Waals surface area contributed by atoms with E-state index in [-0.39, 0.29) is 18.2 Å². The molecule has 0 fully saturated rings. The third kappa shape index (κ3) is 3.41. The Labute approximate surface area is 159 Å². The van der Waals surface area contributed by atoms with Crippen LogP contribution < -0.4 is 14.8 Å². The van der Waals surface area contributed by atoms with Crippen LogP contribution in [0, 0.1) is 0 Å². The summed E-state index contributed by atoms with van der Waals surface area (Å²) in [6.07, 6.45) is 3.17. The van der Waals surface area contributed by atoms with E-state index in [0.29, 0.717) is 17.2 Å². The van der Waals surface area contributed by atoms with Crippen molar-refractivity contribution in [3.8, 4) is 11.6 Å². The molecule has 9 heteroatoms. The van der Waals surface area contributed by atoms with E-state index in [2.05, 4.69) is 20.3 Å². The first-order valence-corrected chi connectivity index (χ1v) is 8.47. The number of carbonyl (C=O) groups excluding carboxylic acids is 1. The predicted octanol–water partition coefficient (Wildman–Crippen LogP) is 2.89. The summed E-state index contributed by atoms with van der Waals surface area (Å²) in [4.78, 5) is 25.3. The predicted molar refractivity (Wildman–Crippen MR) is 101 cm³/mol. The number of fused-ring (bicyclic) bond motifs is 3. The summed E-state index contributed by atoms with van der Waals surface area (Å²) in [6.45, 7) is -0.656. The van der Waals surface area contributed by atoms with Gasteiger partial charge in [0.1, 0.15) is 24.7 Å². The number of nitrogens with one attached hydrogen (secondary N) is 1. The summed E-state index contributed by atoms with van der Waals surface area (Å²) >= 11 is 0. The Balaban J connectivity index is 1.56. The van der Waals surface area contributed by atoms with Crippen molar-refractivity contribution in [2.75, 3.05) is 25.7 Å². The van der Waals surface area contributed by atoms with Crippen molar-refractivity contribution >= 4 is 28.4 Å². The van der Waals surface area contributed by atoms with Crippen LogP contribution in [0.15, 0.2) is 48.8 Å². The zero-order chi connectivity index (χ0) is 19.5. The molecule has 1 N–H and O–H groups in total. The van der Waals surface area contributed by atoms with Crippen molar-refractivity contribution in [3.05, 3.63) is 54.5 Å². The fourth-order valence-corrected chi connectivity index (χ4v) is 2.71. The topological polar surface area (TPSA) is 90.6 Å². The van der Waals surface area contributed by atoms with Gasteiger partial charge in [-0.15, -0.1) is 0 Å². The zero-order valence-electron chi connectivity index (χ0n) is 14.9. The molecule has 8 nitrogen and oxygen atoms in total. The minimum atomic E-state index is -0.593. The number of alkyl halides is 1.